The summed E-state index contributed by atoms with van der Waals surface area (Å²) in [5, 5.41) is 7.77. The normalized spacial score (nSPS) is 10.7. The molecular weight excluding hydrogens is 372 g/mol. The first-order valence-corrected chi connectivity index (χ1v) is 9.28. The molecule has 0 aliphatic carbocycles. The number of nitrogens with zero attached hydrogens (tertiary/aromatic N) is 3. The first kappa shape index (κ1) is 20.2. The van der Waals surface area contributed by atoms with E-state index >= 15 is 0 Å². The topological polar surface area (TPSA) is 103 Å². The summed E-state index contributed by atoms with van der Waals surface area (Å²) in [7, 11) is 1.78. The molecule has 0 aliphatic heterocycles. The van der Waals surface area contributed by atoms with E-state index in [0.29, 0.717) is 23.3 Å². The Labute approximate surface area is 167 Å². The van der Waals surface area contributed by atoms with Gasteiger partial charge in [-0.05, 0) is 43.7 Å². The molecule has 0 saturated heterocycles. The van der Waals surface area contributed by atoms with Crippen molar-refractivity contribution in [3.8, 4) is 0 Å². The average Bonchev–Trinajstić information content (AvgIpc) is 3.00. The Bertz CT molecular complexity index is 1070. The predicted octanol–water partition coefficient (Wildman–Crippen LogP) is 3.06. The highest BCUT2D eigenvalue weighted by Gasteiger charge is 2.15. The minimum absolute atomic E-state index is 0.0741. The molecule has 1 aromatic carbocycles. The van der Waals surface area contributed by atoms with Crippen LogP contribution >= 0.6 is 0 Å². The van der Waals surface area contributed by atoms with Crippen LogP contribution in [0.15, 0.2) is 36.5 Å². The van der Waals surface area contributed by atoms with Crippen molar-refractivity contribution >= 4 is 34.4 Å². The number of hydrogen-bond acceptors (Lipinski definition) is 6. The summed E-state index contributed by atoms with van der Waals surface area (Å²) in [4.78, 5) is 40.4. The smallest absolute Gasteiger partial charge is 0.340 e. The van der Waals surface area contributed by atoms with Crippen LogP contribution < -0.4 is 5.32 Å². The zero-order chi connectivity index (χ0) is 21.0. The first-order chi connectivity index (χ1) is 13.9. The van der Waals surface area contributed by atoms with Gasteiger partial charge in [0.2, 0.25) is 5.91 Å². The standard InChI is InChI=1S/C21H22N4O4/c1-4-5-19(27)23-16-8-6-14(7-9-16)18(26)12-29-21(28)15-10-17-13(2)24-25(3)20(17)22-11-15/h6-11H,4-5,12H2,1-3H3,(H,23,27). The third kappa shape index (κ3) is 4.66. The summed E-state index contributed by atoms with van der Waals surface area (Å²) in [6.07, 6.45) is 2.61. The van der Waals surface area contributed by atoms with E-state index in [9.17, 15) is 14.4 Å². The number of esters is 1. The second-order valence-corrected chi connectivity index (χ2v) is 6.68. The van der Waals surface area contributed by atoms with E-state index in [2.05, 4.69) is 15.4 Å². The summed E-state index contributed by atoms with van der Waals surface area (Å²) in [5.74, 6) is -1.04. The molecule has 0 spiro atoms. The number of aromatic nitrogens is 3. The number of carbonyl (C=O) groups excluding carboxylic acids is 3. The fourth-order valence-electron chi connectivity index (χ4n) is 2.91. The van der Waals surface area contributed by atoms with E-state index in [1.54, 1.807) is 42.1 Å². The van der Waals surface area contributed by atoms with Gasteiger partial charge in [-0.3, -0.25) is 14.3 Å². The van der Waals surface area contributed by atoms with E-state index in [0.717, 1.165) is 17.5 Å². The maximum atomic E-state index is 12.3. The molecule has 8 nitrogen and oxygen atoms in total. The van der Waals surface area contributed by atoms with Gasteiger partial charge in [-0.1, -0.05) is 6.92 Å². The molecule has 3 rings (SSSR count). The fourth-order valence-corrected chi connectivity index (χ4v) is 2.91. The quantitative estimate of drug-likeness (QED) is 0.488. The molecule has 1 N–H and O–H groups in total. The Balaban J connectivity index is 1.60. The predicted molar refractivity (Wildman–Crippen MR) is 108 cm³/mol. The minimum atomic E-state index is -0.626. The van der Waals surface area contributed by atoms with Crippen LogP contribution in [-0.2, 0) is 16.6 Å². The van der Waals surface area contributed by atoms with Crippen LogP contribution in [0.1, 0.15) is 46.2 Å². The number of ether oxygens (including phenoxy) is 1. The van der Waals surface area contributed by atoms with Crippen molar-refractivity contribution in [3.63, 3.8) is 0 Å². The van der Waals surface area contributed by atoms with Crippen molar-refractivity contribution in [1.82, 2.24) is 14.8 Å². The Morgan fingerprint density at radius 1 is 1.14 bits per heavy atom. The molecule has 1 amide bonds. The summed E-state index contributed by atoms with van der Waals surface area (Å²) < 4.78 is 6.78. The highest BCUT2D eigenvalue weighted by atomic mass is 16.5. The average molecular weight is 394 g/mol. The molecule has 0 radical (unpaired) electrons. The van der Waals surface area contributed by atoms with Gasteiger partial charge in [0.1, 0.15) is 0 Å². The van der Waals surface area contributed by atoms with E-state index in [-0.39, 0.29) is 23.9 Å². The SMILES string of the molecule is CCCC(=O)Nc1ccc(C(=O)COC(=O)c2cnc3c(c2)c(C)nn3C)cc1. The van der Waals surface area contributed by atoms with Crippen molar-refractivity contribution in [2.24, 2.45) is 7.05 Å². The molecule has 8 heteroatoms. The largest absolute Gasteiger partial charge is 0.454 e. The number of aryl methyl sites for hydroxylation is 2. The van der Waals surface area contributed by atoms with Gasteiger partial charge in [0.05, 0.1) is 11.3 Å². The molecule has 150 valence electrons. The number of carbonyl (C=O) groups is 3. The van der Waals surface area contributed by atoms with Gasteiger partial charge in [0.15, 0.2) is 18.0 Å². The lowest BCUT2D eigenvalue weighted by molar-refractivity contribution is -0.116. The lowest BCUT2D eigenvalue weighted by atomic mass is 10.1. The van der Waals surface area contributed by atoms with Crippen LogP contribution in [0, 0.1) is 6.92 Å². The minimum Gasteiger partial charge on any atom is -0.454 e. The third-order valence-electron chi connectivity index (χ3n) is 4.40. The molecule has 0 aliphatic rings. The van der Waals surface area contributed by atoms with Crippen molar-refractivity contribution in [2.75, 3.05) is 11.9 Å². The van der Waals surface area contributed by atoms with Gasteiger partial charge >= 0.3 is 5.97 Å². The maximum absolute atomic E-state index is 12.3. The lowest BCUT2D eigenvalue weighted by Crippen LogP contribution is -2.15. The number of benzene rings is 1. The number of fused-ring (bicyclic) bond motifs is 1. The van der Waals surface area contributed by atoms with E-state index < -0.39 is 5.97 Å². The van der Waals surface area contributed by atoms with Crippen molar-refractivity contribution in [1.29, 1.82) is 0 Å². The second-order valence-electron chi connectivity index (χ2n) is 6.68. The van der Waals surface area contributed by atoms with Gasteiger partial charge in [-0.15, -0.1) is 0 Å². The molecule has 0 saturated carbocycles. The molecule has 2 aromatic heterocycles. The monoisotopic (exact) mass is 394 g/mol. The van der Waals surface area contributed by atoms with Gasteiger partial charge in [0.25, 0.3) is 0 Å². The zero-order valence-corrected chi connectivity index (χ0v) is 16.6. The number of ketones is 1. The third-order valence-corrected chi connectivity index (χ3v) is 4.40. The highest BCUT2D eigenvalue weighted by molar-refractivity contribution is 6.00. The Morgan fingerprint density at radius 3 is 2.55 bits per heavy atom. The number of amides is 1. The van der Waals surface area contributed by atoms with Crippen LogP contribution in [-0.4, -0.2) is 39.0 Å². The molecule has 29 heavy (non-hydrogen) atoms. The van der Waals surface area contributed by atoms with Crippen LogP contribution in [0.4, 0.5) is 5.69 Å². The van der Waals surface area contributed by atoms with Gasteiger partial charge in [0, 0.05) is 36.3 Å². The lowest BCUT2D eigenvalue weighted by Gasteiger charge is -2.07. The number of pyridine rings is 1. The van der Waals surface area contributed by atoms with Gasteiger partial charge in [-0.25, -0.2) is 9.78 Å². The molecule has 0 bridgehead atoms. The molecule has 0 unspecified atom stereocenters. The van der Waals surface area contributed by atoms with Crippen LogP contribution in [0.2, 0.25) is 0 Å². The Kier molecular flexibility index (Phi) is 6.01. The van der Waals surface area contributed by atoms with Crippen LogP contribution in [0.25, 0.3) is 11.0 Å². The number of nitrogens with one attached hydrogen (secondary N) is 1. The summed E-state index contributed by atoms with van der Waals surface area (Å²) in [6.45, 7) is 3.37. The molecule has 2 heterocycles. The molecule has 3 aromatic rings. The van der Waals surface area contributed by atoms with Gasteiger partial charge < -0.3 is 10.1 Å². The number of hydrogen-bond donors (Lipinski definition) is 1. The summed E-state index contributed by atoms with van der Waals surface area (Å²) >= 11 is 0. The number of rotatable bonds is 7. The van der Waals surface area contributed by atoms with E-state index in [4.69, 9.17) is 4.74 Å². The van der Waals surface area contributed by atoms with Crippen molar-refractivity contribution in [2.45, 2.75) is 26.7 Å². The highest BCUT2D eigenvalue weighted by Crippen LogP contribution is 2.17. The van der Waals surface area contributed by atoms with Crippen LogP contribution in [0.3, 0.4) is 0 Å². The number of Topliss-reactive ketones (excluding diaryl/α,β-unsaturated/α-hetero) is 1. The molecular formula is C21H22N4O4. The van der Waals surface area contributed by atoms with E-state index in [1.807, 2.05) is 13.8 Å². The second kappa shape index (κ2) is 8.64. The Morgan fingerprint density at radius 2 is 1.86 bits per heavy atom. The van der Waals surface area contributed by atoms with E-state index in [1.165, 1.54) is 6.20 Å². The molecule has 0 fully saturated rings. The fraction of sp³-hybridized carbons (Fsp3) is 0.286. The molecule has 0 atom stereocenters. The van der Waals surface area contributed by atoms with Gasteiger partial charge in [-0.2, -0.15) is 5.10 Å². The maximum Gasteiger partial charge on any atom is 0.340 e. The number of anilines is 1. The summed E-state index contributed by atoms with van der Waals surface area (Å²) in [5.41, 5.74) is 2.69. The van der Waals surface area contributed by atoms with Crippen molar-refractivity contribution < 1.29 is 19.1 Å². The van der Waals surface area contributed by atoms with Crippen LogP contribution in [0.5, 0.6) is 0 Å². The first-order valence-electron chi connectivity index (χ1n) is 9.28. The van der Waals surface area contributed by atoms with Crippen molar-refractivity contribution in [3.05, 3.63) is 53.3 Å². The zero-order valence-electron chi connectivity index (χ0n) is 16.6. The summed E-state index contributed by atoms with van der Waals surface area (Å²) in [6, 6.07) is 8.12. The Hall–Kier alpha value is -3.55.